The third-order valence-electron chi connectivity index (χ3n) is 3.48. The SMILES string of the molecule is CC(=O)NCC(=O)N1CC[C@@](O)(COc2cccc(F)c2)C1. The molecular weight excluding hydrogens is 291 g/mol. The van der Waals surface area contributed by atoms with Crippen LogP contribution >= 0.6 is 0 Å². The van der Waals surface area contributed by atoms with Gasteiger partial charge >= 0.3 is 0 Å². The van der Waals surface area contributed by atoms with Crippen LogP contribution in [0.4, 0.5) is 4.39 Å². The zero-order valence-corrected chi connectivity index (χ0v) is 12.3. The lowest BCUT2D eigenvalue weighted by Gasteiger charge is -2.23. The standard InChI is InChI=1S/C15H19FN2O4/c1-11(19)17-8-14(20)18-6-5-15(21,9-18)10-22-13-4-2-3-12(16)7-13/h2-4,7,21H,5-6,8-10H2,1H3,(H,17,19)/t15-/m0/s1. The van der Waals surface area contributed by atoms with Gasteiger partial charge < -0.3 is 20.1 Å². The number of ether oxygens (including phenoxy) is 1. The number of β-amino-alcohol motifs (C(OH)–C–C–N with tert-alkyl or cyclic N) is 1. The van der Waals surface area contributed by atoms with Gasteiger partial charge in [0.1, 0.15) is 23.8 Å². The average molecular weight is 310 g/mol. The quantitative estimate of drug-likeness (QED) is 0.820. The Morgan fingerprint density at radius 2 is 2.27 bits per heavy atom. The summed E-state index contributed by atoms with van der Waals surface area (Å²) >= 11 is 0. The molecule has 0 bridgehead atoms. The number of likely N-dealkylation sites (tertiary alicyclic amines) is 1. The Labute approximate surface area is 127 Å². The molecule has 2 rings (SSSR count). The van der Waals surface area contributed by atoms with Gasteiger partial charge in [-0.1, -0.05) is 6.07 Å². The van der Waals surface area contributed by atoms with Gasteiger partial charge in [0.15, 0.2) is 0 Å². The number of benzene rings is 1. The van der Waals surface area contributed by atoms with E-state index < -0.39 is 11.4 Å². The average Bonchev–Trinajstić information content (AvgIpc) is 2.86. The number of carbonyl (C=O) groups excluding carboxylic acids is 2. The summed E-state index contributed by atoms with van der Waals surface area (Å²) < 4.78 is 18.5. The Morgan fingerprint density at radius 3 is 2.95 bits per heavy atom. The van der Waals surface area contributed by atoms with E-state index in [1.807, 2.05) is 0 Å². The fourth-order valence-corrected chi connectivity index (χ4v) is 2.27. The predicted octanol–water partition coefficient (Wildman–Crippen LogP) is 0.304. The van der Waals surface area contributed by atoms with Crippen molar-refractivity contribution in [2.75, 3.05) is 26.2 Å². The van der Waals surface area contributed by atoms with Gasteiger partial charge in [-0.2, -0.15) is 0 Å². The normalized spacial score (nSPS) is 20.8. The Hall–Kier alpha value is -2.15. The van der Waals surface area contributed by atoms with Crippen LogP contribution in [0.2, 0.25) is 0 Å². The molecule has 2 amide bonds. The summed E-state index contributed by atoms with van der Waals surface area (Å²) in [7, 11) is 0. The summed E-state index contributed by atoms with van der Waals surface area (Å²) in [6, 6.07) is 5.66. The van der Waals surface area contributed by atoms with Gasteiger partial charge in [-0.3, -0.25) is 9.59 Å². The fraction of sp³-hybridized carbons (Fsp3) is 0.467. The molecule has 7 heteroatoms. The van der Waals surface area contributed by atoms with Crippen molar-refractivity contribution in [2.24, 2.45) is 0 Å². The second kappa shape index (κ2) is 6.74. The zero-order valence-electron chi connectivity index (χ0n) is 12.3. The van der Waals surface area contributed by atoms with E-state index >= 15 is 0 Å². The number of hydrogen-bond donors (Lipinski definition) is 2. The highest BCUT2D eigenvalue weighted by atomic mass is 19.1. The summed E-state index contributed by atoms with van der Waals surface area (Å²) in [5.74, 6) is -0.617. The minimum Gasteiger partial charge on any atom is -0.490 e. The minimum absolute atomic E-state index is 0.0274. The number of nitrogens with one attached hydrogen (secondary N) is 1. The Morgan fingerprint density at radius 1 is 1.50 bits per heavy atom. The Kier molecular flexibility index (Phi) is 4.97. The highest BCUT2D eigenvalue weighted by Gasteiger charge is 2.38. The van der Waals surface area contributed by atoms with E-state index in [-0.39, 0.29) is 31.5 Å². The van der Waals surface area contributed by atoms with Crippen molar-refractivity contribution in [1.29, 1.82) is 0 Å². The van der Waals surface area contributed by atoms with Crippen LogP contribution in [0.1, 0.15) is 13.3 Å². The molecule has 0 radical (unpaired) electrons. The highest BCUT2D eigenvalue weighted by Crippen LogP contribution is 2.23. The molecule has 22 heavy (non-hydrogen) atoms. The van der Waals surface area contributed by atoms with Gasteiger partial charge in [0.2, 0.25) is 11.8 Å². The molecule has 6 nitrogen and oxygen atoms in total. The van der Waals surface area contributed by atoms with Crippen LogP contribution in [0, 0.1) is 5.82 Å². The summed E-state index contributed by atoms with van der Waals surface area (Å²) in [6.45, 7) is 1.74. The van der Waals surface area contributed by atoms with Gasteiger partial charge in [-0.25, -0.2) is 4.39 Å². The van der Waals surface area contributed by atoms with Gasteiger partial charge in [0.25, 0.3) is 0 Å². The lowest BCUT2D eigenvalue weighted by molar-refractivity contribution is -0.132. The van der Waals surface area contributed by atoms with Gasteiger partial charge in [0, 0.05) is 19.5 Å². The predicted molar refractivity (Wildman–Crippen MR) is 76.7 cm³/mol. The molecule has 1 aromatic carbocycles. The van der Waals surface area contributed by atoms with Crippen molar-refractivity contribution in [3.63, 3.8) is 0 Å². The van der Waals surface area contributed by atoms with E-state index in [1.165, 1.54) is 30.0 Å². The number of halogens is 1. The molecule has 120 valence electrons. The largest absolute Gasteiger partial charge is 0.490 e. The van der Waals surface area contributed by atoms with Crippen molar-refractivity contribution in [3.05, 3.63) is 30.1 Å². The van der Waals surface area contributed by atoms with Gasteiger partial charge in [0.05, 0.1) is 13.1 Å². The fourth-order valence-electron chi connectivity index (χ4n) is 2.27. The molecule has 0 aliphatic carbocycles. The summed E-state index contributed by atoms with van der Waals surface area (Å²) in [5.41, 5.74) is -1.17. The van der Waals surface area contributed by atoms with E-state index in [2.05, 4.69) is 5.32 Å². The molecule has 1 aliphatic rings. The van der Waals surface area contributed by atoms with E-state index in [4.69, 9.17) is 4.74 Å². The first-order valence-electron chi connectivity index (χ1n) is 7.01. The molecule has 1 fully saturated rings. The van der Waals surface area contributed by atoms with Crippen molar-refractivity contribution in [2.45, 2.75) is 18.9 Å². The third kappa shape index (κ3) is 4.42. The van der Waals surface area contributed by atoms with Crippen LogP contribution in [0.25, 0.3) is 0 Å². The molecule has 1 aromatic rings. The van der Waals surface area contributed by atoms with Crippen LogP contribution in [0.15, 0.2) is 24.3 Å². The van der Waals surface area contributed by atoms with E-state index in [0.29, 0.717) is 18.7 Å². The number of amides is 2. The number of aliphatic hydroxyl groups is 1. The first-order valence-corrected chi connectivity index (χ1v) is 7.01. The minimum atomic E-state index is -1.17. The highest BCUT2D eigenvalue weighted by molar-refractivity contribution is 5.83. The number of carbonyl (C=O) groups is 2. The van der Waals surface area contributed by atoms with Crippen LogP contribution in [-0.2, 0) is 9.59 Å². The maximum Gasteiger partial charge on any atom is 0.242 e. The van der Waals surface area contributed by atoms with Crippen molar-refractivity contribution >= 4 is 11.8 Å². The summed E-state index contributed by atoms with van der Waals surface area (Å²) in [5, 5.41) is 12.8. The lowest BCUT2D eigenvalue weighted by atomic mass is 10.1. The maximum absolute atomic E-state index is 13.1. The lowest BCUT2D eigenvalue weighted by Crippen LogP contribution is -2.43. The molecule has 1 heterocycles. The maximum atomic E-state index is 13.1. The smallest absolute Gasteiger partial charge is 0.242 e. The molecule has 0 unspecified atom stereocenters. The van der Waals surface area contributed by atoms with Crippen LogP contribution in [0.3, 0.4) is 0 Å². The van der Waals surface area contributed by atoms with E-state index in [1.54, 1.807) is 6.07 Å². The first kappa shape index (κ1) is 16.2. The molecule has 0 aromatic heterocycles. The van der Waals surface area contributed by atoms with E-state index in [0.717, 1.165) is 0 Å². The van der Waals surface area contributed by atoms with Crippen LogP contribution in [0.5, 0.6) is 5.75 Å². The van der Waals surface area contributed by atoms with Crippen molar-refractivity contribution in [3.8, 4) is 5.75 Å². The topological polar surface area (TPSA) is 78.9 Å². The first-order chi connectivity index (χ1) is 10.4. The molecule has 0 saturated carbocycles. The molecule has 1 atom stereocenters. The summed E-state index contributed by atoms with van der Waals surface area (Å²) in [6.07, 6.45) is 0.369. The van der Waals surface area contributed by atoms with Gasteiger partial charge in [-0.05, 0) is 18.6 Å². The van der Waals surface area contributed by atoms with Crippen LogP contribution < -0.4 is 10.1 Å². The van der Waals surface area contributed by atoms with E-state index in [9.17, 15) is 19.1 Å². The molecule has 0 spiro atoms. The van der Waals surface area contributed by atoms with Crippen molar-refractivity contribution in [1.82, 2.24) is 10.2 Å². The monoisotopic (exact) mass is 310 g/mol. The van der Waals surface area contributed by atoms with Crippen LogP contribution in [-0.4, -0.2) is 53.7 Å². The zero-order chi connectivity index (χ0) is 16.2. The third-order valence-corrected chi connectivity index (χ3v) is 3.48. The van der Waals surface area contributed by atoms with Gasteiger partial charge in [-0.15, -0.1) is 0 Å². The number of hydrogen-bond acceptors (Lipinski definition) is 4. The summed E-state index contributed by atoms with van der Waals surface area (Å²) in [4.78, 5) is 24.1. The second-order valence-electron chi connectivity index (χ2n) is 5.45. The Bertz CT molecular complexity index is 566. The second-order valence-corrected chi connectivity index (χ2v) is 5.45. The number of rotatable bonds is 5. The molecule has 1 aliphatic heterocycles. The number of nitrogens with zero attached hydrogens (tertiary/aromatic N) is 1. The molecule has 1 saturated heterocycles. The molecular formula is C15H19FN2O4. The Balaban J connectivity index is 1.85. The molecule has 2 N–H and O–H groups in total. The van der Waals surface area contributed by atoms with Crippen molar-refractivity contribution < 1.29 is 23.8 Å².